The highest BCUT2D eigenvalue weighted by molar-refractivity contribution is 6.11. The predicted octanol–water partition coefficient (Wildman–Crippen LogP) is 3.36. The number of fused-ring (bicyclic) bond motifs is 1. The number of rotatable bonds is 5. The van der Waals surface area contributed by atoms with Crippen molar-refractivity contribution in [3.8, 4) is 0 Å². The second-order valence-electron chi connectivity index (χ2n) is 7.60. The van der Waals surface area contributed by atoms with Crippen molar-refractivity contribution >= 4 is 35.1 Å². The first-order valence-electron chi connectivity index (χ1n) is 10.2. The third-order valence-electron chi connectivity index (χ3n) is 5.21. The molecule has 3 rings (SSSR count). The number of halogens is 3. The second kappa shape index (κ2) is 9.20. The number of nitrogens with one attached hydrogen (secondary N) is 2. The standard InChI is InChI=1S/C22H22F3N3O6/c1-5-33-20(31)17-10(2)18(26-11(17)3)21(32)34-12(4)19(30)28-9-16(29)27-14-8-13(22(23,24)25)6-7-15(14)28/h6-8,12,26H,5,9H2,1-4H3,(H,27,29). The summed E-state index contributed by atoms with van der Waals surface area (Å²) in [6.45, 7) is 5.68. The van der Waals surface area contributed by atoms with Gasteiger partial charge in [-0.25, -0.2) is 9.59 Å². The molecule has 0 saturated carbocycles. The Kier molecular flexibility index (Phi) is 6.71. The fourth-order valence-corrected chi connectivity index (χ4v) is 3.62. The maximum Gasteiger partial charge on any atom is 0.416 e. The van der Waals surface area contributed by atoms with E-state index in [0.717, 1.165) is 23.1 Å². The van der Waals surface area contributed by atoms with Crippen molar-refractivity contribution in [2.75, 3.05) is 23.4 Å². The van der Waals surface area contributed by atoms with Gasteiger partial charge in [0.05, 0.1) is 29.1 Å². The molecule has 0 saturated heterocycles. The maximum atomic E-state index is 13.0. The van der Waals surface area contributed by atoms with Crippen molar-refractivity contribution in [2.45, 2.75) is 40.0 Å². The van der Waals surface area contributed by atoms with E-state index in [2.05, 4.69) is 10.3 Å². The van der Waals surface area contributed by atoms with Crippen molar-refractivity contribution in [3.05, 3.63) is 46.3 Å². The van der Waals surface area contributed by atoms with Gasteiger partial charge in [-0.3, -0.25) is 14.5 Å². The summed E-state index contributed by atoms with van der Waals surface area (Å²) in [6.07, 6.45) is -6.02. The Morgan fingerprint density at radius 3 is 2.47 bits per heavy atom. The first kappa shape index (κ1) is 24.8. The van der Waals surface area contributed by atoms with Crippen LogP contribution in [0.3, 0.4) is 0 Å². The number of benzene rings is 1. The van der Waals surface area contributed by atoms with Crippen LogP contribution in [0.15, 0.2) is 18.2 Å². The van der Waals surface area contributed by atoms with Gasteiger partial charge in [-0.2, -0.15) is 13.2 Å². The zero-order valence-electron chi connectivity index (χ0n) is 18.8. The highest BCUT2D eigenvalue weighted by Gasteiger charge is 2.36. The monoisotopic (exact) mass is 481 g/mol. The summed E-state index contributed by atoms with van der Waals surface area (Å²) in [7, 11) is 0. The Morgan fingerprint density at radius 1 is 1.18 bits per heavy atom. The number of aromatic amines is 1. The van der Waals surface area contributed by atoms with Crippen LogP contribution in [-0.4, -0.2) is 48.0 Å². The molecule has 0 spiro atoms. The lowest BCUT2D eigenvalue weighted by Gasteiger charge is -2.31. The molecule has 1 unspecified atom stereocenters. The third-order valence-corrected chi connectivity index (χ3v) is 5.21. The van der Waals surface area contributed by atoms with Gasteiger partial charge in [0.25, 0.3) is 5.91 Å². The predicted molar refractivity (Wildman–Crippen MR) is 114 cm³/mol. The fourth-order valence-electron chi connectivity index (χ4n) is 3.62. The topological polar surface area (TPSA) is 118 Å². The molecule has 2 N–H and O–H groups in total. The number of hydrogen-bond acceptors (Lipinski definition) is 6. The van der Waals surface area contributed by atoms with E-state index in [1.165, 1.54) is 13.8 Å². The van der Waals surface area contributed by atoms with Crippen molar-refractivity contribution in [3.63, 3.8) is 0 Å². The molecule has 2 aromatic rings. The zero-order chi connectivity index (χ0) is 25.4. The Bertz CT molecular complexity index is 1170. The average Bonchev–Trinajstić information content (AvgIpc) is 3.05. The third kappa shape index (κ3) is 4.75. The highest BCUT2D eigenvalue weighted by Crippen LogP contribution is 2.37. The van der Waals surface area contributed by atoms with E-state index in [1.54, 1.807) is 13.8 Å². The highest BCUT2D eigenvalue weighted by atomic mass is 19.4. The number of esters is 2. The molecular formula is C22H22F3N3O6. The van der Waals surface area contributed by atoms with E-state index in [1.807, 2.05) is 0 Å². The van der Waals surface area contributed by atoms with Gasteiger partial charge in [0, 0.05) is 5.69 Å². The van der Waals surface area contributed by atoms with Crippen molar-refractivity contribution in [1.29, 1.82) is 0 Å². The molecule has 1 aliphatic heterocycles. The van der Waals surface area contributed by atoms with Crippen molar-refractivity contribution < 1.29 is 41.8 Å². The van der Waals surface area contributed by atoms with Gasteiger partial charge in [0.1, 0.15) is 12.2 Å². The molecule has 0 fully saturated rings. The molecule has 1 aliphatic rings. The number of aromatic nitrogens is 1. The maximum absolute atomic E-state index is 13.0. The largest absolute Gasteiger partial charge is 0.462 e. The number of hydrogen-bond donors (Lipinski definition) is 2. The summed E-state index contributed by atoms with van der Waals surface area (Å²) < 4.78 is 49.3. The Hall–Kier alpha value is -3.83. The zero-order valence-corrected chi connectivity index (χ0v) is 18.8. The lowest BCUT2D eigenvalue weighted by atomic mass is 10.1. The van der Waals surface area contributed by atoms with Crippen LogP contribution in [0.1, 0.15) is 51.5 Å². The number of alkyl halides is 3. The summed E-state index contributed by atoms with van der Waals surface area (Å²) in [5, 5.41) is 2.31. The number of carbonyl (C=O) groups excluding carboxylic acids is 4. The lowest BCUT2D eigenvalue weighted by molar-refractivity contribution is -0.137. The summed E-state index contributed by atoms with van der Waals surface area (Å²) in [5.41, 5.74) is -0.353. The van der Waals surface area contributed by atoms with Crippen LogP contribution in [-0.2, 0) is 25.2 Å². The van der Waals surface area contributed by atoms with Crippen LogP contribution >= 0.6 is 0 Å². The van der Waals surface area contributed by atoms with Gasteiger partial charge >= 0.3 is 18.1 Å². The van der Waals surface area contributed by atoms with E-state index < -0.39 is 48.1 Å². The van der Waals surface area contributed by atoms with E-state index in [9.17, 15) is 32.3 Å². The minimum atomic E-state index is -4.64. The van der Waals surface area contributed by atoms with Crippen LogP contribution in [0.5, 0.6) is 0 Å². The van der Waals surface area contributed by atoms with Gasteiger partial charge in [0.15, 0.2) is 6.10 Å². The molecular weight excluding hydrogens is 459 g/mol. The van der Waals surface area contributed by atoms with Crippen molar-refractivity contribution in [1.82, 2.24) is 4.98 Å². The average molecular weight is 481 g/mol. The summed E-state index contributed by atoms with van der Waals surface area (Å²) in [6, 6.07) is 2.58. The minimum Gasteiger partial charge on any atom is -0.462 e. The molecule has 2 heterocycles. The molecule has 1 aromatic heterocycles. The van der Waals surface area contributed by atoms with Crippen LogP contribution in [0.25, 0.3) is 0 Å². The summed E-state index contributed by atoms with van der Waals surface area (Å²) in [4.78, 5) is 53.5. The van der Waals surface area contributed by atoms with Crippen LogP contribution < -0.4 is 10.2 Å². The molecule has 1 atom stereocenters. The van der Waals surface area contributed by atoms with E-state index >= 15 is 0 Å². The van der Waals surface area contributed by atoms with Crippen LogP contribution in [0, 0.1) is 13.8 Å². The van der Waals surface area contributed by atoms with Gasteiger partial charge in [-0.1, -0.05) is 0 Å². The Morgan fingerprint density at radius 2 is 1.85 bits per heavy atom. The Balaban J connectivity index is 1.82. The van der Waals surface area contributed by atoms with E-state index in [0.29, 0.717) is 5.69 Å². The first-order valence-corrected chi connectivity index (χ1v) is 10.2. The Labute approximate surface area is 192 Å². The minimum absolute atomic E-state index is 0.0389. The second-order valence-corrected chi connectivity index (χ2v) is 7.60. The molecule has 182 valence electrons. The smallest absolute Gasteiger partial charge is 0.416 e. The number of anilines is 2. The number of carbonyl (C=O) groups is 4. The SMILES string of the molecule is CCOC(=O)c1c(C)[nH]c(C(=O)OC(C)C(=O)N2CC(=O)Nc3cc(C(F)(F)F)ccc32)c1C. The van der Waals surface area contributed by atoms with Crippen LogP contribution in [0.4, 0.5) is 24.5 Å². The van der Waals surface area contributed by atoms with Gasteiger partial charge < -0.3 is 19.8 Å². The fraction of sp³-hybridized carbons (Fsp3) is 0.364. The van der Waals surface area contributed by atoms with Gasteiger partial charge in [-0.05, 0) is 51.5 Å². The molecule has 0 aliphatic carbocycles. The van der Waals surface area contributed by atoms with Gasteiger partial charge in [0.2, 0.25) is 5.91 Å². The molecule has 34 heavy (non-hydrogen) atoms. The number of H-pyrrole nitrogens is 1. The quantitative estimate of drug-likeness (QED) is 0.633. The first-order chi connectivity index (χ1) is 15.8. The number of amides is 2. The normalized spacial score (nSPS) is 14.2. The van der Waals surface area contributed by atoms with E-state index in [4.69, 9.17) is 9.47 Å². The number of nitrogens with zero attached hydrogens (tertiary/aromatic N) is 1. The lowest BCUT2D eigenvalue weighted by Crippen LogP contribution is -2.47. The summed E-state index contributed by atoms with van der Waals surface area (Å²) in [5.74, 6) is -3.05. The molecule has 2 amide bonds. The molecule has 0 radical (unpaired) electrons. The molecule has 1 aromatic carbocycles. The summed E-state index contributed by atoms with van der Waals surface area (Å²) >= 11 is 0. The number of aryl methyl sites for hydroxylation is 1. The van der Waals surface area contributed by atoms with E-state index in [-0.39, 0.29) is 34.8 Å². The molecule has 0 bridgehead atoms. The molecule has 9 nitrogen and oxygen atoms in total. The number of ether oxygens (including phenoxy) is 2. The van der Waals surface area contributed by atoms with Gasteiger partial charge in [-0.15, -0.1) is 0 Å². The van der Waals surface area contributed by atoms with Crippen molar-refractivity contribution in [2.24, 2.45) is 0 Å². The molecule has 12 heteroatoms. The van der Waals surface area contributed by atoms with Crippen LogP contribution in [0.2, 0.25) is 0 Å².